The van der Waals surface area contributed by atoms with Crippen LogP contribution in [0.4, 0.5) is 0 Å². The zero-order valence-corrected chi connectivity index (χ0v) is 12.6. The monoisotopic (exact) mass is 299 g/mol. The number of ether oxygens (including phenoxy) is 1. The summed E-state index contributed by atoms with van der Waals surface area (Å²) in [4.78, 5) is 0. The minimum Gasteiger partial charge on any atom is -0.375 e. The van der Waals surface area contributed by atoms with E-state index in [2.05, 4.69) is 7.11 Å². The Bertz CT molecular complexity index is 399. The van der Waals surface area contributed by atoms with Gasteiger partial charge < -0.3 is 13.8 Å². The van der Waals surface area contributed by atoms with Gasteiger partial charge in [-0.1, -0.05) is 11.6 Å². The Balaban J connectivity index is 4.37. The van der Waals surface area contributed by atoms with Gasteiger partial charge in [0.15, 0.2) is 0 Å². The van der Waals surface area contributed by atoms with Gasteiger partial charge in [-0.3, -0.25) is 4.57 Å². The van der Waals surface area contributed by atoms with Crippen LogP contribution < -0.4 is 0 Å². The summed E-state index contributed by atoms with van der Waals surface area (Å²) in [5, 5.41) is 16.9. The molecule has 0 aliphatic carbocycles. The van der Waals surface area contributed by atoms with Crippen LogP contribution in [0.15, 0.2) is 11.6 Å². The summed E-state index contributed by atoms with van der Waals surface area (Å²) in [5.41, 5.74) is 0.973. The molecule has 7 heteroatoms. The number of allylic oxidation sites excluding steroid dienone is 1. The number of hydrogen-bond donors (Lipinski definition) is 0. The van der Waals surface area contributed by atoms with E-state index in [0.29, 0.717) is 13.0 Å². The molecule has 0 aromatic heterocycles. The molecule has 1 radical (unpaired) electrons. The highest BCUT2D eigenvalue weighted by molar-refractivity contribution is 7.53. The SMILES string of the molecule is [CH2]OC/C(C)=C/CCP(=O)(OCCC#N)OCCC#N. The average molecular weight is 299 g/mol. The molecule has 20 heavy (non-hydrogen) atoms. The van der Waals surface area contributed by atoms with Crippen LogP contribution >= 0.6 is 7.60 Å². The van der Waals surface area contributed by atoms with Crippen molar-refractivity contribution in [2.75, 3.05) is 26.0 Å². The van der Waals surface area contributed by atoms with Crippen molar-refractivity contribution in [1.29, 1.82) is 10.5 Å². The lowest BCUT2D eigenvalue weighted by molar-refractivity contribution is 0.211. The fourth-order valence-electron chi connectivity index (χ4n) is 1.32. The summed E-state index contributed by atoms with van der Waals surface area (Å²) >= 11 is 0. The molecule has 0 unspecified atom stereocenters. The van der Waals surface area contributed by atoms with Crippen LogP contribution in [0.5, 0.6) is 0 Å². The molecular weight excluding hydrogens is 279 g/mol. The minimum atomic E-state index is -3.26. The molecule has 0 amide bonds. The molecule has 0 aromatic carbocycles. The van der Waals surface area contributed by atoms with Crippen LogP contribution in [-0.4, -0.2) is 26.0 Å². The van der Waals surface area contributed by atoms with E-state index in [1.165, 1.54) is 0 Å². The van der Waals surface area contributed by atoms with Gasteiger partial charge in [0, 0.05) is 0 Å². The molecule has 0 aromatic rings. The van der Waals surface area contributed by atoms with Crippen LogP contribution in [0, 0.1) is 29.8 Å². The molecule has 0 fully saturated rings. The molecule has 0 bridgehead atoms. The van der Waals surface area contributed by atoms with Crippen molar-refractivity contribution in [3.63, 3.8) is 0 Å². The van der Waals surface area contributed by atoms with Crippen LogP contribution in [0.3, 0.4) is 0 Å². The Kier molecular flexibility index (Phi) is 11.0. The third-order valence-corrected chi connectivity index (χ3v) is 4.19. The highest BCUT2D eigenvalue weighted by atomic mass is 31.2. The van der Waals surface area contributed by atoms with E-state index in [0.717, 1.165) is 5.57 Å². The molecule has 0 N–H and O–H groups in total. The van der Waals surface area contributed by atoms with Crippen LogP contribution in [0.1, 0.15) is 26.2 Å². The first-order valence-electron chi connectivity index (χ1n) is 6.22. The van der Waals surface area contributed by atoms with Gasteiger partial charge in [-0.05, 0) is 13.3 Å². The zero-order valence-electron chi connectivity index (χ0n) is 11.7. The predicted octanol–water partition coefficient (Wildman–Crippen LogP) is 3.18. The second-order valence-electron chi connectivity index (χ2n) is 4.00. The van der Waals surface area contributed by atoms with E-state index in [1.54, 1.807) is 0 Å². The van der Waals surface area contributed by atoms with Crippen molar-refractivity contribution in [2.24, 2.45) is 0 Å². The van der Waals surface area contributed by atoms with Crippen LogP contribution in [0.2, 0.25) is 0 Å². The molecule has 6 nitrogen and oxygen atoms in total. The molecule has 0 aliphatic heterocycles. The van der Waals surface area contributed by atoms with Gasteiger partial charge in [0.2, 0.25) is 0 Å². The summed E-state index contributed by atoms with van der Waals surface area (Å²) in [5.74, 6) is 0. The summed E-state index contributed by atoms with van der Waals surface area (Å²) in [6, 6.07) is 3.82. The van der Waals surface area contributed by atoms with E-state index < -0.39 is 7.60 Å². The van der Waals surface area contributed by atoms with Gasteiger partial charge in [-0.2, -0.15) is 10.5 Å². The van der Waals surface area contributed by atoms with Crippen LogP contribution in [-0.2, 0) is 18.3 Å². The van der Waals surface area contributed by atoms with Crippen molar-refractivity contribution in [3.8, 4) is 12.1 Å². The Morgan fingerprint density at radius 2 is 1.80 bits per heavy atom. The smallest absolute Gasteiger partial charge is 0.331 e. The summed E-state index contributed by atoms with van der Waals surface area (Å²) in [6.45, 7) is 2.41. The number of nitrogens with zero attached hydrogens (tertiary/aromatic N) is 2. The molecule has 0 spiro atoms. The standard InChI is InChI=1S/C13H20N2O4P/c1-13(12-17-2)6-3-11-20(16,18-9-4-7-14)19-10-5-8-15/h6H,2-5,9-12H2,1H3/b13-6+. The Labute approximate surface area is 120 Å². The zero-order chi connectivity index (χ0) is 15.3. The quantitative estimate of drug-likeness (QED) is 0.330. The van der Waals surface area contributed by atoms with Gasteiger partial charge in [-0.15, -0.1) is 0 Å². The molecule has 111 valence electrons. The summed E-state index contributed by atoms with van der Waals surface area (Å²) in [6.07, 6.45) is 2.88. The fourth-order valence-corrected chi connectivity index (χ4v) is 2.83. The second kappa shape index (κ2) is 11.6. The third kappa shape index (κ3) is 9.72. The van der Waals surface area contributed by atoms with Crippen molar-refractivity contribution in [3.05, 3.63) is 18.8 Å². The van der Waals surface area contributed by atoms with E-state index >= 15 is 0 Å². The molecule has 0 rings (SSSR count). The summed E-state index contributed by atoms with van der Waals surface area (Å²) < 4.78 is 27.5. The molecule has 0 atom stereocenters. The Morgan fingerprint density at radius 3 is 2.25 bits per heavy atom. The lowest BCUT2D eigenvalue weighted by atomic mass is 10.3. The van der Waals surface area contributed by atoms with Crippen LogP contribution in [0.25, 0.3) is 0 Å². The number of hydrogen-bond acceptors (Lipinski definition) is 6. The predicted molar refractivity (Wildman–Crippen MR) is 74.5 cm³/mol. The number of rotatable bonds is 11. The van der Waals surface area contributed by atoms with E-state index in [1.807, 2.05) is 25.1 Å². The van der Waals surface area contributed by atoms with Crippen molar-refractivity contribution >= 4 is 7.60 Å². The van der Waals surface area contributed by atoms with Gasteiger partial charge in [0.1, 0.15) is 0 Å². The van der Waals surface area contributed by atoms with Gasteiger partial charge in [0.25, 0.3) is 0 Å². The average Bonchev–Trinajstić information content (AvgIpc) is 2.40. The Morgan fingerprint density at radius 1 is 1.25 bits per heavy atom. The van der Waals surface area contributed by atoms with Gasteiger partial charge in [-0.25, -0.2) is 0 Å². The molecule has 0 heterocycles. The molecule has 0 saturated carbocycles. The maximum atomic E-state index is 12.4. The van der Waals surface area contributed by atoms with E-state index in [-0.39, 0.29) is 32.2 Å². The van der Waals surface area contributed by atoms with Crippen molar-refractivity contribution in [1.82, 2.24) is 0 Å². The van der Waals surface area contributed by atoms with Crippen molar-refractivity contribution in [2.45, 2.75) is 26.2 Å². The first kappa shape index (κ1) is 18.8. The third-order valence-electron chi connectivity index (χ3n) is 2.23. The first-order chi connectivity index (χ1) is 9.58. The highest BCUT2D eigenvalue weighted by Gasteiger charge is 2.23. The molecular formula is C13H20N2O4P. The molecule has 0 aliphatic rings. The Hall–Kier alpha value is -1.17. The topological polar surface area (TPSA) is 92.3 Å². The fraction of sp³-hybridized carbons (Fsp3) is 0.615. The molecule has 0 saturated heterocycles. The van der Waals surface area contributed by atoms with Gasteiger partial charge in [0.05, 0.1) is 58.1 Å². The lowest BCUT2D eigenvalue weighted by Gasteiger charge is -2.16. The maximum Gasteiger partial charge on any atom is 0.331 e. The largest absolute Gasteiger partial charge is 0.375 e. The number of nitriles is 2. The minimum absolute atomic E-state index is 0.0605. The van der Waals surface area contributed by atoms with E-state index in [9.17, 15) is 4.57 Å². The second-order valence-corrected chi connectivity index (χ2v) is 6.19. The normalized spacial score (nSPS) is 11.9. The van der Waals surface area contributed by atoms with Gasteiger partial charge >= 0.3 is 7.60 Å². The lowest BCUT2D eigenvalue weighted by Crippen LogP contribution is -2.02. The van der Waals surface area contributed by atoms with Crippen molar-refractivity contribution < 1.29 is 18.3 Å². The highest BCUT2D eigenvalue weighted by Crippen LogP contribution is 2.49. The maximum absolute atomic E-state index is 12.4. The summed E-state index contributed by atoms with van der Waals surface area (Å²) in [7, 11) is 0.0189. The first-order valence-corrected chi connectivity index (χ1v) is 7.95. The van der Waals surface area contributed by atoms with E-state index in [4.69, 9.17) is 24.3 Å².